The lowest BCUT2D eigenvalue weighted by atomic mass is 9.85. The number of allylic oxidation sites excluding steroid dienone is 2. The Labute approximate surface area is 195 Å². The van der Waals surface area contributed by atoms with E-state index in [1.54, 1.807) is 4.90 Å². The Morgan fingerprint density at radius 2 is 1.94 bits per heavy atom. The molecule has 1 unspecified atom stereocenters. The van der Waals surface area contributed by atoms with Gasteiger partial charge in [0.15, 0.2) is 0 Å². The molecule has 3 aromatic rings. The Morgan fingerprint density at radius 3 is 2.61 bits per heavy atom. The fourth-order valence-corrected chi connectivity index (χ4v) is 4.62. The normalized spacial score (nSPS) is 16.9. The molecule has 6 heteroatoms. The highest BCUT2D eigenvalue weighted by molar-refractivity contribution is 5.92. The van der Waals surface area contributed by atoms with Gasteiger partial charge in [0.2, 0.25) is 5.91 Å². The standard InChI is InChI=1S/C27H33N5O/c1-16-12-22(14-23(28)13-16)17(2)29-26-24-15-21(10-11-25(24)30-18(3)31-26)19-6-8-20(9-7-19)27(33)32(4)5/h6,10-15,17,20H,7-9,28H2,1-5H3,(H,29,30,31)/t17-,20?/m1/s1. The summed E-state index contributed by atoms with van der Waals surface area (Å²) < 4.78 is 0. The lowest BCUT2D eigenvalue weighted by Gasteiger charge is -2.24. The van der Waals surface area contributed by atoms with Gasteiger partial charge in [-0.1, -0.05) is 18.2 Å². The monoisotopic (exact) mass is 443 g/mol. The third-order valence-electron chi connectivity index (χ3n) is 6.35. The highest BCUT2D eigenvalue weighted by atomic mass is 16.2. The number of nitrogens with two attached hydrogens (primary N) is 1. The molecule has 1 aliphatic rings. The van der Waals surface area contributed by atoms with Crippen molar-refractivity contribution in [1.29, 1.82) is 0 Å². The van der Waals surface area contributed by atoms with Crippen LogP contribution in [0.15, 0.2) is 42.5 Å². The fraction of sp³-hybridized carbons (Fsp3) is 0.370. The number of fused-ring (bicyclic) bond motifs is 1. The number of aryl methyl sites for hydroxylation is 2. The third kappa shape index (κ3) is 5.00. The summed E-state index contributed by atoms with van der Waals surface area (Å²) >= 11 is 0. The number of carbonyl (C=O) groups is 1. The summed E-state index contributed by atoms with van der Waals surface area (Å²) in [6, 6.07) is 12.5. The molecule has 2 aromatic carbocycles. The lowest BCUT2D eigenvalue weighted by molar-refractivity contribution is -0.133. The summed E-state index contributed by atoms with van der Waals surface area (Å²) in [6.45, 7) is 6.09. The van der Waals surface area contributed by atoms with E-state index in [1.807, 2.05) is 33.2 Å². The molecule has 3 N–H and O–H groups in total. The van der Waals surface area contributed by atoms with Crippen LogP contribution in [0.4, 0.5) is 11.5 Å². The van der Waals surface area contributed by atoms with Gasteiger partial charge in [0.05, 0.1) is 11.6 Å². The molecule has 1 heterocycles. The van der Waals surface area contributed by atoms with Crippen LogP contribution in [0.5, 0.6) is 0 Å². The van der Waals surface area contributed by atoms with E-state index in [4.69, 9.17) is 10.7 Å². The Morgan fingerprint density at radius 1 is 1.15 bits per heavy atom. The summed E-state index contributed by atoms with van der Waals surface area (Å²) in [5.74, 6) is 1.85. The van der Waals surface area contributed by atoms with Crippen LogP contribution in [0.2, 0.25) is 0 Å². The third-order valence-corrected chi connectivity index (χ3v) is 6.35. The summed E-state index contributed by atoms with van der Waals surface area (Å²) in [7, 11) is 3.65. The largest absolute Gasteiger partial charge is 0.399 e. The van der Waals surface area contributed by atoms with Gasteiger partial charge in [-0.2, -0.15) is 0 Å². The lowest BCUT2D eigenvalue weighted by Crippen LogP contribution is -2.30. The van der Waals surface area contributed by atoms with Crippen molar-refractivity contribution in [1.82, 2.24) is 14.9 Å². The van der Waals surface area contributed by atoms with Crippen LogP contribution in [-0.2, 0) is 4.79 Å². The first-order valence-electron chi connectivity index (χ1n) is 11.5. The fourth-order valence-electron chi connectivity index (χ4n) is 4.62. The number of carbonyl (C=O) groups excluding carboxylic acids is 1. The number of rotatable bonds is 5. The van der Waals surface area contributed by atoms with Crippen molar-refractivity contribution in [2.24, 2.45) is 5.92 Å². The molecule has 0 saturated heterocycles. The Hall–Kier alpha value is -3.41. The van der Waals surface area contributed by atoms with Gasteiger partial charge in [0, 0.05) is 31.1 Å². The van der Waals surface area contributed by atoms with E-state index in [0.717, 1.165) is 58.6 Å². The van der Waals surface area contributed by atoms with Gasteiger partial charge in [-0.25, -0.2) is 9.97 Å². The quantitative estimate of drug-likeness (QED) is 0.525. The molecule has 0 aliphatic heterocycles. The van der Waals surface area contributed by atoms with Crippen LogP contribution >= 0.6 is 0 Å². The smallest absolute Gasteiger partial charge is 0.225 e. The highest BCUT2D eigenvalue weighted by Gasteiger charge is 2.23. The molecular formula is C27H33N5O. The number of amides is 1. The second-order valence-corrected chi connectivity index (χ2v) is 9.33. The minimum absolute atomic E-state index is 0.0417. The molecule has 1 amide bonds. The maximum absolute atomic E-state index is 12.3. The number of hydrogen-bond acceptors (Lipinski definition) is 5. The van der Waals surface area contributed by atoms with Crippen molar-refractivity contribution in [3.05, 3.63) is 65.0 Å². The van der Waals surface area contributed by atoms with Gasteiger partial charge in [-0.15, -0.1) is 0 Å². The molecular weight excluding hydrogens is 410 g/mol. The first-order chi connectivity index (χ1) is 15.7. The van der Waals surface area contributed by atoms with Gasteiger partial charge >= 0.3 is 0 Å². The number of nitrogens with one attached hydrogen (secondary N) is 1. The zero-order valence-corrected chi connectivity index (χ0v) is 20.1. The van der Waals surface area contributed by atoms with E-state index >= 15 is 0 Å². The topological polar surface area (TPSA) is 84.1 Å². The number of hydrogen-bond donors (Lipinski definition) is 2. The average Bonchev–Trinajstić information content (AvgIpc) is 2.77. The summed E-state index contributed by atoms with van der Waals surface area (Å²) in [6.07, 6.45) is 4.77. The maximum Gasteiger partial charge on any atom is 0.225 e. The van der Waals surface area contributed by atoms with E-state index in [9.17, 15) is 4.79 Å². The number of anilines is 2. The van der Waals surface area contributed by atoms with Gasteiger partial charge in [-0.05, 0) is 86.6 Å². The van der Waals surface area contributed by atoms with Crippen LogP contribution in [0.1, 0.15) is 54.7 Å². The second kappa shape index (κ2) is 9.22. The van der Waals surface area contributed by atoms with Crippen molar-refractivity contribution in [3.8, 4) is 0 Å². The van der Waals surface area contributed by atoms with E-state index in [0.29, 0.717) is 0 Å². The predicted octanol–water partition coefficient (Wildman–Crippen LogP) is 5.27. The number of nitrogens with zero attached hydrogens (tertiary/aromatic N) is 3. The molecule has 0 bridgehead atoms. The zero-order chi connectivity index (χ0) is 23.7. The summed E-state index contributed by atoms with van der Waals surface area (Å²) in [4.78, 5) is 23.4. The van der Waals surface area contributed by atoms with Crippen LogP contribution in [-0.4, -0.2) is 34.9 Å². The predicted molar refractivity (Wildman–Crippen MR) is 136 cm³/mol. The van der Waals surface area contributed by atoms with Crippen molar-refractivity contribution in [3.63, 3.8) is 0 Å². The molecule has 1 aliphatic carbocycles. The van der Waals surface area contributed by atoms with Crippen molar-refractivity contribution >= 4 is 33.9 Å². The Balaban J connectivity index is 1.64. The number of nitrogen functional groups attached to an aromatic ring is 1. The summed E-state index contributed by atoms with van der Waals surface area (Å²) in [5, 5.41) is 4.58. The molecule has 1 aromatic heterocycles. The first-order valence-corrected chi connectivity index (χ1v) is 11.5. The molecule has 172 valence electrons. The van der Waals surface area contributed by atoms with Crippen LogP contribution in [0.3, 0.4) is 0 Å². The molecule has 6 nitrogen and oxygen atoms in total. The average molecular weight is 444 g/mol. The van der Waals surface area contributed by atoms with Gasteiger partial charge < -0.3 is 16.0 Å². The van der Waals surface area contributed by atoms with E-state index in [2.05, 4.69) is 54.5 Å². The van der Waals surface area contributed by atoms with Gasteiger partial charge in [0.25, 0.3) is 0 Å². The van der Waals surface area contributed by atoms with Gasteiger partial charge in [-0.3, -0.25) is 4.79 Å². The SMILES string of the molecule is Cc1cc(N)cc([C@@H](C)Nc2nc(C)nc3ccc(C4=CCC(C(=O)N(C)C)CC4)cc23)c1. The van der Waals surface area contributed by atoms with Crippen LogP contribution < -0.4 is 11.1 Å². The van der Waals surface area contributed by atoms with Crippen LogP contribution in [0, 0.1) is 19.8 Å². The second-order valence-electron chi connectivity index (χ2n) is 9.33. The first kappa shape index (κ1) is 22.8. The maximum atomic E-state index is 12.3. The molecule has 0 spiro atoms. The minimum atomic E-state index is 0.0417. The zero-order valence-electron chi connectivity index (χ0n) is 20.1. The number of aromatic nitrogens is 2. The van der Waals surface area contributed by atoms with Crippen LogP contribution in [0.25, 0.3) is 16.5 Å². The molecule has 0 fully saturated rings. The van der Waals surface area contributed by atoms with E-state index in [-0.39, 0.29) is 17.9 Å². The molecule has 0 saturated carbocycles. The van der Waals surface area contributed by atoms with E-state index in [1.165, 1.54) is 11.1 Å². The minimum Gasteiger partial charge on any atom is -0.399 e. The molecule has 0 radical (unpaired) electrons. The van der Waals surface area contributed by atoms with E-state index < -0.39 is 0 Å². The molecule has 2 atom stereocenters. The summed E-state index contributed by atoms with van der Waals surface area (Å²) in [5.41, 5.74) is 12.5. The van der Waals surface area contributed by atoms with Crippen molar-refractivity contribution in [2.45, 2.75) is 46.1 Å². The molecule has 33 heavy (non-hydrogen) atoms. The Kier molecular flexibility index (Phi) is 6.36. The number of benzene rings is 2. The molecule has 4 rings (SSSR count). The van der Waals surface area contributed by atoms with Gasteiger partial charge in [0.1, 0.15) is 11.6 Å². The highest BCUT2D eigenvalue weighted by Crippen LogP contribution is 2.34. The van der Waals surface area contributed by atoms with Crippen molar-refractivity contribution in [2.75, 3.05) is 25.1 Å². The van der Waals surface area contributed by atoms with Crippen molar-refractivity contribution < 1.29 is 4.79 Å². The Bertz CT molecular complexity index is 1210.